The third kappa shape index (κ3) is 8.23. The molecular weight excluding hydrogens is 559 g/mol. The molecule has 0 saturated carbocycles. The number of aromatic nitrogens is 1. The zero-order valence-corrected chi connectivity index (χ0v) is 24.1. The standard InChI is InChI=1S/C28H26Cl2N4O2S2/c1-28(2,3)36-27(35)33-26(34-38-23-12-13-37-17-23)32-16-18-14-24(19-4-8-21(29)9-5-19)25(31-15-18)20-6-10-22(30)11-7-20/h4-15,17H,16H2,1-3H3,(H2,32,33,34,35). The summed E-state index contributed by atoms with van der Waals surface area (Å²) in [7, 11) is 0. The number of carbonyl (C=O) groups excluding carboxylic acids is 1. The van der Waals surface area contributed by atoms with Crippen LogP contribution in [-0.4, -0.2) is 22.6 Å². The number of nitrogens with zero attached hydrogens (tertiary/aromatic N) is 2. The van der Waals surface area contributed by atoms with Gasteiger partial charge in [0, 0.05) is 37.6 Å². The van der Waals surface area contributed by atoms with E-state index in [2.05, 4.69) is 15.0 Å². The zero-order chi connectivity index (χ0) is 27.1. The zero-order valence-electron chi connectivity index (χ0n) is 21.0. The van der Waals surface area contributed by atoms with E-state index in [0.29, 0.717) is 10.0 Å². The van der Waals surface area contributed by atoms with E-state index in [1.165, 1.54) is 11.9 Å². The van der Waals surface area contributed by atoms with Gasteiger partial charge in [0.2, 0.25) is 5.96 Å². The topological polar surface area (TPSA) is 75.6 Å². The van der Waals surface area contributed by atoms with Crippen molar-refractivity contribution in [1.82, 2.24) is 15.0 Å². The fraction of sp³-hybridized carbons (Fsp3) is 0.179. The molecule has 6 nitrogen and oxygen atoms in total. The molecule has 0 saturated heterocycles. The summed E-state index contributed by atoms with van der Waals surface area (Å²) in [5.74, 6) is 0.283. The second kappa shape index (κ2) is 12.7. The Kier molecular flexibility index (Phi) is 9.33. The molecule has 196 valence electrons. The number of alkyl carbamates (subject to hydrolysis) is 1. The molecule has 2 heterocycles. The molecule has 10 heteroatoms. The van der Waals surface area contributed by atoms with Gasteiger partial charge in [0.25, 0.3) is 0 Å². The average Bonchev–Trinajstić information content (AvgIpc) is 3.39. The summed E-state index contributed by atoms with van der Waals surface area (Å²) < 4.78 is 8.52. The van der Waals surface area contributed by atoms with Crippen LogP contribution in [0.5, 0.6) is 0 Å². The first-order valence-electron chi connectivity index (χ1n) is 11.7. The van der Waals surface area contributed by atoms with Crippen LogP contribution in [-0.2, 0) is 11.3 Å². The Morgan fingerprint density at radius 3 is 2.29 bits per heavy atom. The predicted octanol–water partition coefficient (Wildman–Crippen LogP) is 8.46. The highest BCUT2D eigenvalue weighted by atomic mass is 35.5. The van der Waals surface area contributed by atoms with E-state index < -0.39 is 11.7 Å². The number of nitrogens with one attached hydrogen (secondary N) is 2. The number of pyridine rings is 1. The number of hydrogen-bond donors (Lipinski definition) is 2. The molecule has 38 heavy (non-hydrogen) atoms. The molecule has 0 spiro atoms. The molecule has 0 fully saturated rings. The summed E-state index contributed by atoms with van der Waals surface area (Å²) in [5, 5.41) is 8.01. The molecular formula is C28H26Cl2N4O2S2. The lowest BCUT2D eigenvalue weighted by Crippen LogP contribution is -2.41. The molecule has 4 aromatic rings. The summed E-state index contributed by atoms with van der Waals surface area (Å²) >= 11 is 15.2. The van der Waals surface area contributed by atoms with Gasteiger partial charge >= 0.3 is 6.09 Å². The van der Waals surface area contributed by atoms with Gasteiger partial charge in [-0.05, 0) is 85.6 Å². The van der Waals surface area contributed by atoms with Crippen LogP contribution < -0.4 is 10.0 Å². The molecule has 2 aromatic heterocycles. The van der Waals surface area contributed by atoms with Crippen LogP contribution in [0.4, 0.5) is 4.79 Å². The highest BCUT2D eigenvalue weighted by molar-refractivity contribution is 7.98. The molecule has 0 aliphatic rings. The number of aliphatic imine (C=N–C) groups is 1. The number of benzene rings is 2. The van der Waals surface area contributed by atoms with E-state index >= 15 is 0 Å². The normalized spacial score (nSPS) is 11.8. The van der Waals surface area contributed by atoms with Gasteiger partial charge in [-0.3, -0.25) is 15.0 Å². The number of thiophene rings is 1. The number of amides is 1. The lowest BCUT2D eigenvalue weighted by atomic mass is 9.98. The van der Waals surface area contributed by atoms with E-state index in [4.69, 9.17) is 32.9 Å². The Labute approximate surface area is 240 Å². The van der Waals surface area contributed by atoms with Crippen LogP contribution >= 0.6 is 46.5 Å². The van der Waals surface area contributed by atoms with Gasteiger partial charge in [-0.2, -0.15) is 11.3 Å². The molecule has 0 unspecified atom stereocenters. The predicted molar refractivity (Wildman–Crippen MR) is 159 cm³/mol. The molecule has 0 aliphatic carbocycles. The van der Waals surface area contributed by atoms with Gasteiger partial charge in [-0.15, -0.1) is 0 Å². The fourth-order valence-corrected chi connectivity index (χ4v) is 5.05. The van der Waals surface area contributed by atoms with Crippen molar-refractivity contribution in [2.24, 2.45) is 4.99 Å². The smallest absolute Gasteiger partial charge is 0.414 e. The maximum absolute atomic E-state index is 12.4. The SMILES string of the molecule is CC(C)(C)OC(=O)NC(=NCc1cnc(-c2ccc(Cl)cc2)c(-c2ccc(Cl)cc2)c1)NSc1ccsc1. The van der Waals surface area contributed by atoms with Crippen LogP contribution in [0, 0.1) is 0 Å². The van der Waals surface area contributed by atoms with E-state index in [-0.39, 0.29) is 12.5 Å². The van der Waals surface area contributed by atoms with Crippen molar-refractivity contribution in [2.75, 3.05) is 0 Å². The molecule has 0 aliphatic heterocycles. The first-order chi connectivity index (χ1) is 18.2. The number of halogens is 2. The van der Waals surface area contributed by atoms with Crippen molar-refractivity contribution >= 4 is 58.5 Å². The largest absolute Gasteiger partial charge is 0.444 e. The number of hydrogen-bond acceptors (Lipinski definition) is 6. The van der Waals surface area contributed by atoms with Gasteiger partial charge in [-0.25, -0.2) is 9.79 Å². The first-order valence-corrected chi connectivity index (χ1v) is 14.2. The number of rotatable bonds is 6. The second-order valence-electron chi connectivity index (χ2n) is 9.21. The Morgan fingerprint density at radius 1 is 1.03 bits per heavy atom. The second-order valence-corrected chi connectivity index (χ2v) is 11.7. The molecule has 2 aromatic carbocycles. The third-order valence-corrected chi connectivity index (χ3v) is 7.14. The third-order valence-electron chi connectivity index (χ3n) is 5.02. The first kappa shape index (κ1) is 28.0. The summed E-state index contributed by atoms with van der Waals surface area (Å²) in [6.45, 7) is 5.70. The monoisotopic (exact) mass is 584 g/mol. The lowest BCUT2D eigenvalue weighted by molar-refractivity contribution is 0.0562. The Morgan fingerprint density at radius 2 is 1.68 bits per heavy atom. The van der Waals surface area contributed by atoms with Gasteiger partial charge in [0.15, 0.2) is 0 Å². The minimum Gasteiger partial charge on any atom is -0.444 e. The van der Waals surface area contributed by atoms with Crippen molar-refractivity contribution in [2.45, 2.75) is 37.8 Å². The summed E-state index contributed by atoms with van der Waals surface area (Å²) in [6.07, 6.45) is 1.19. The number of carbonyl (C=O) groups is 1. The van der Waals surface area contributed by atoms with Crippen LogP contribution in [0.1, 0.15) is 26.3 Å². The maximum atomic E-state index is 12.4. The van der Waals surface area contributed by atoms with E-state index in [0.717, 1.165) is 32.8 Å². The highest BCUT2D eigenvalue weighted by Crippen LogP contribution is 2.32. The van der Waals surface area contributed by atoms with Crippen LogP contribution in [0.3, 0.4) is 0 Å². The van der Waals surface area contributed by atoms with Gasteiger partial charge in [-0.1, -0.05) is 47.5 Å². The van der Waals surface area contributed by atoms with Gasteiger partial charge in [0.05, 0.1) is 12.2 Å². The van der Waals surface area contributed by atoms with Gasteiger partial charge < -0.3 is 4.74 Å². The van der Waals surface area contributed by atoms with E-state index in [9.17, 15) is 4.79 Å². The molecule has 2 N–H and O–H groups in total. The summed E-state index contributed by atoms with van der Waals surface area (Å²) in [6, 6.07) is 19.2. The lowest BCUT2D eigenvalue weighted by Gasteiger charge is -2.20. The quantitative estimate of drug-likeness (QED) is 0.135. The Hall–Kier alpha value is -3.04. The van der Waals surface area contributed by atoms with Crippen molar-refractivity contribution in [3.8, 4) is 22.4 Å². The molecule has 0 bridgehead atoms. The van der Waals surface area contributed by atoms with Crippen LogP contribution in [0.25, 0.3) is 22.4 Å². The van der Waals surface area contributed by atoms with E-state index in [1.807, 2.05) is 92.2 Å². The molecule has 4 rings (SSSR count). The Balaban J connectivity index is 1.63. The number of ether oxygens (including phenoxy) is 1. The van der Waals surface area contributed by atoms with E-state index in [1.54, 1.807) is 17.5 Å². The number of guanidine groups is 1. The Bertz CT molecular complexity index is 1400. The van der Waals surface area contributed by atoms with Crippen molar-refractivity contribution in [1.29, 1.82) is 0 Å². The highest BCUT2D eigenvalue weighted by Gasteiger charge is 2.18. The minimum absolute atomic E-state index is 0.275. The van der Waals surface area contributed by atoms with Crippen molar-refractivity contribution < 1.29 is 9.53 Å². The summed E-state index contributed by atoms with van der Waals surface area (Å²) in [4.78, 5) is 22.8. The average molecular weight is 586 g/mol. The van der Waals surface area contributed by atoms with Gasteiger partial charge in [0.1, 0.15) is 5.60 Å². The molecule has 0 atom stereocenters. The van der Waals surface area contributed by atoms with Crippen molar-refractivity contribution in [3.05, 3.63) is 93.2 Å². The summed E-state index contributed by atoms with van der Waals surface area (Å²) in [5.41, 5.74) is 3.88. The van der Waals surface area contributed by atoms with Crippen LogP contribution in [0.15, 0.2) is 87.5 Å². The molecule has 0 radical (unpaired) electrons. The van der Waals surface area contributed by atoms with Crippen LogP contribution in [0.2, 0.25) is 10.0 Å². The fourth-order valence-electron chi connectivity index (χ4n) is 3.37. The maximum Gasteiger partial charge on any atom is 0.414 e. The van der Waals surface area contributed by atoms with Crippen molar-refractivity contribution in [3.63, 3.8) is 0 Å². The molecule has 1 amide bonds. The minimum atomic E-state index is -0.634.